The lowest BCUT2D eigenvalue weighted by Crippen LogP contribution is -2.45. The predicted octanol–water partition coefficient (Wildman–Crippen LogP) is 2.23. The smallest absolute Gasteiger partial charge is 0.211 e. The molecule has 0 aromatic carbocycles. The molecule has 1 aliphatic rings. The summed E-state index contributed by atoms with van der Waals surface area (Å²) in [6.07, 6.45) is 2.38. The van der Waals surface area contributed by atoms with Crippen LogP contribution in [-0.4, -0.2) is 47.5 Å². The molecule has 6 nitrogen and oxygen atoms in total. The largest absolute Gasteiger partial charge is 0.267 e. The van der Waals surface area contributed by atoms with Crippen LogP contribution in [-0.2, 0) is 23.0 Å². The Morgan fingerprint density at radius 1 is 1.43 bits per heavy atom. The van der Waals surface area contributed by atoms with Crippen molar-refractivity contribution in [2.24, 2.45) is 0 Å². The number of hydrogen-bond donors (Lipinski definition) is 0. The van der Waals surface area contributed by atoms with E-state index in [2.05, 4.69) is 21.0 Å². The predicted molar refractivity (Wildman–Crippen MR) is 88.1 cm³/mol. The molecule has 0 bridgehead atoms. The number of halogens is 2. The summed E-state index contributed by atoms with van der Waals surface area (Å²) in [5, 5.41) is 13.3. The number of nitriles is 1. The summed E-state index contributed by atoms with van der Waals surface area (Å²) in [6, 6.07) is 2.00. The van der Waals surface area contributed by atoms with E-state index in [1.807, 2.05) is 13.0 Å². The summed E-state index contributed by atoms with van der Waals surface area (Å²) < 4.78 is 41.8. The zero-order valence-corrected chi connectivity index (χ0v) is 15.6. The van der Waals surface area contributed by atoms with Crippen LogP contribution in [0.5, 0.6) is 0 Å². The molecule has 128 valence electrons. The molecule has 2 heterocycles. The van der Waals surface area contributed by atoms with Gasteiger partial charge in [-0.25, -0.2) is 17.1 Å². The Hall–Kier alpha value is -0.980. The molecule has 1 aliphatic heterocycles. The van der Waals surface area contributed by atoms with Gasteiger partial charge in [-0.2, -0.15) is 10.4 Å². The molecule has 0 unspecified atom stereocenters. The number of aryl methyl sites for hydroxylation is 1. The molecule has 0 aliphatic carbocycles. The summed E-state index contributed by atoms with van der Waals surface area (Å²) in [7, 11) is -3.28. The quantitative estimate of drug-likeness (QED) is 0.750. The summed E-state index contributed by atoms with van der Waals surface area (Å²) in [4.78, 5) is 0. The Kier molecular flexibility index (Phi) is 5.48. The van der Waals surface area contributed by atoms with Crippen LogP contribution >= 0.6 is 15.9 Å². The third kappa shape index (κ3) is 4.11. The molecule has 0 atom stereocenters. The van der Waals surface area contributed by atoms with Gasteiger partial charge in [-0.05, 0) is 35.2 Å². The minimum Gasteiger partial charge on any atom is -0.267 e. The fraction of sp³-hybridized carbons (Fsp3) is 0.714. The lowest BCUT2D eigenvalue weighted by Gasteiger charge is -2.35. The summed E-state index contributed by atoms with van der Waals surface area (Å²) >= 11 is 3.35. The third-order valence-corrected chi connectivity index (χ3v) is 6.24. The van der Waals surface area contributed by atoms with E-state index in [1.165, 1.54) is 4.31 Å². The van der Waals surface area contributed by atoms with Crippen LogP contribution in [0.3, 0.4) is 0 Å². The molecule has 0 radical (unpaired) electrons. The van der Waals surface area contributed by atoms with Crippen LogP contribution < -0.4 is 0 Å². The molecule has 1 aromatic heterocycles. The van der Waals surface area contributed by atoms with Crippen LogP contribution in [0.1, 0.15) is 37.6 Å². The van der Waals surface area contributed by atoms with Crippen molar-refractivity contribution in [1.29, 1.82) is 5.26 Å². The Morgan fingerprint density at radius 3 is 2.52 bits per heavy atom. The number of hydrogen-bond acceptors (Lipinski definition) is 4. The SMILES string of the molecule is CCCn1nc(C#N)c(Br)c1CC1(F)CCN(S(C)(=O)=O)CC1. The van der Waals surface area contributed by atoms with E-state index in [0.717, 1.165) is 12.7 Å². The first kappa shape index (κ1) is 18.4. The van der Waals surface area contributed by atoms with Gasteiger partial charge in [0.05, 0.1) is 16.4 Å². The number of nitrogens with zero attached hydrogens (tertiary/aromatic N) is 4. The summed E-state index contributed by atoms with van der Waals surface area (Å²) in [6.45, 7) is 2.96. The van der Waals surface area contributed by atoms with E-state index in [1.54, 1.807) is 4.68 Å². The molecular formula is C14H20BrFN4O2S. The maximum Gasteiger partial charge on any atom is 0.211 e. The lowest BCUT2D eigenvalue weighted by molar-refractivity contribution is 0.0866. The zero-order valence-electron chi connectivity index (χ0n) is 13.2. The molecule has 2 rings (SSSR count). The maximum atomic E-state index is 15.2. The first-order chi connectivity index (χ1) is 10.7. The fourth-order valence-corrected chi connectivity index (χ4v) is 4.17. The minimum absolute atomic E-state index is 0.125. The van der Waals surface area contributed by atoms with Crippen LogP contribution in [0.25, 0.3) is 0 Å². The maximum absolute atomic E-state index is 15.2. The Morgan fingerprint density at radius 2 is 2.04 bits per heavy atom. The van der Waals surface area contributed by atoms with Gasteiger partial charge in [0.15, 0.2) is 5.69 Å². The molecule has 0 amide bonds. The Balaban J connectivity index is 2.19. The summed E-state index contributed by atoms with van der Waals surface area (Å²) in [5.41, 5.74) is -0.563. The number of alkyl halides is 1. The first-order valence-corrected chi connectivity index (χ1v) is 10.1. The molecule has 0 N–H and O–H groups in total. The Bertz CT molecular complexity index is 718. The van der Waals surface area contributed by atoms with Crippen molar-refractivity contribution in [1.82, 2.24) is 14.1 Å². The lowest BCUT2D eigenvalue weighted by atomic mass is 9.89. The minimum atomic E-state index is -3.28. The van der Waals surface area contributed by atoms with E-state index < -0.39 is 15.7 Å². The van der Waals surface area contributed by atoms with Crippen molar-refractivity contribution in [3.05, 3.63) is 15.9 Å². The average molecular weight is 407 g/mol. The van der Waals surface area contributed by atoms with Crippen LogP contribution in [0, 0.1) is 11.3 Å². The van der Waals surface area contributed by atoms with Gasteiger partial charge in [-0.3, -0.25) is 4.68 Å². The van der Waals surface area contributed by atoms with Crippen molar-refractivity contribution < 1.29 is 12.8 Å². The van der Waals surface area contributed by atoms with E-state index in [4.69, 9.17) is 5.26 Å². The standard InChI is InChI=1S/C14H20BrFN4O2S/c1-3-6-20-12(13(15)11(10-17)18-20)9-14(16)4-7-19(8-5-14)23(2,21)22/h3-9H2,1-2H3. The second-order valence-corrected chi connectivity index (χ2v) is 8.71. The molecule has 1 fully saturated rings. The number of piperidine rings is 1. The van der Waals surface area contributed by atoms with Gasteiger partial charge in [0.2, 0.25) is 10.0 Å². The van der Waals surface area contributed by atoms with E-state index >= 15 is 4.39 Å². The van der Waals surface area contributed by atoms with Gasteiger partial charge in [0.1, 0.15) is 11.7 Å². The molecule has 0 saturated carbocycles. The highest BCUT2D eigenvalue weighted by atomic mass is 79.9. The van der Waals surface area contributed by atoms with Gasteiger partial charge in [0, 0.05) is 26.1 Å². The topological polar surface area (TPSA) is 79.0 Å². The van der Waals surface area contributed by atoms with Crippen molar-refractivity contribution in [2.45, 2.75) is 44.8 Å². The van der Waals surface area contributed by atoms with Crippen LogP contribution in [0.15, 0.2) is 4.47 Å². The highest BCUT2D eigenvalue weighted by Crippen LogP contribution is 2.34. The van der Waals surface area contributed by atoms with Crippen LogP contribution in [0.4, 0.5) is 4.39 Å². The van der Waals surface area contributed by atoms with E-state index in [0.29, 0.717) is 16.7 Å². The van der Waals surface area contributed by atoms with E-state index in [9.17, 15) is 8.42 Å². The van der Waals surface area contributed by atoms with Crippen molar-refractivity contribution in [2.75, 3.05) is 19.3 Å². The monoisotopic (exact) mass is 406 g/mol. The molecule has 1 aromatic rings. The van der Waals surface area contributed by atoms with Crippen molar-refractivity contribution >= 4 is 26.0 Å². The highest BCUT2D eigenvalue weighted by Gasteiger charge is 2.38. The van der Waals surface area contributed by atoms with Crippen LogP contribution in [0.2, 0.25) is 0 Å². The van der Waals surface area contributed by atoms with Gasteiger partial charge in [-0.15, -0.1) is 0 Å². The number of rotatable bonds is 5. The van der Waals surface area contributed by atoms with Gasteiger partial charge in [-0.1, -0.05) is 6.92 Å². The fourth-order valence-electron chi connectivity index (χ4n) is 2.81. The summed E-state index contributed by atoms with van der Waals surface area (Å²) in [5.74, 6) is 0. The molecule has 0 spiro atoms. The van der Waals surface area contributed by atoms with Crippen molar-refractivity contribution in [3.63, 3.8) is 0 Å². The zero-order chi connectivity index (χ0) is 17.3. The highest BCUT2D eigenvalue weighted by molar-refractivity contribution is 9.10. The normalized spacial score (nSPS) is 18.7. The van der Waals surface area contributed by atoms with E-state index in [-0.39, 0.29) is 38.0 Å². The molecule has 9 heteroatoms. The van der Waals surface area contributed by atoms with Crippen molar-refractivity contribution in [3.8, 4) is 6.07 Å². The number of aromatic nitrogens is 2. The van der Waals surface area contributed by atoms with Gasteiger partial charge < -0.3 is 0 Å². The Labute approximate surface area is 144 Å². The first-order valence-electron chi connectivity index (χ1n) is 7.49. The molecule has 1 saturated heterocycles. The molecular weight excluding hydrogens is 387 g/mol. The average Bonchev–Trinajstić information content (AvgIpc) is 2.75. The molecule has 23 heavy (non-hydrogen) atoms. The second-order valence-electron chi connectivity index (χ2n) is 5.93. The van der Waals surface area contributed by atoms with Gasteiger partial charge >= 0.3 is 0 Å². The number of sulfonamides is 1. The third-order valence-electron chi connectivity index (χ3n) is 4.11. The second kappa shape index (κ2) is 6.87. The van der Waals surface area contributed by atoms with Gasteiger partial charge in [0.25, 0.3) is 0 Å².